The molecule has 4 nitrogen and oxygen atoms in total. The van der Waals surface area contributed by atoms with Crippen molar-refractivity contribution in [3.8, 4) is 5.75 Å². The molecule has 4 heteroatoms. The summed E-state index contributed by atoms with van der Waals surface area (Å²) in [6.07, 6.45) is 0.873. The number of H-pyrrole nitrogens is 1. The van der Waals surface area contributed by atoms with Gasteiger partial charge in [-0.05, 0) is 25.1 Å². The number of aromatic amines is 1. The van der Waals surface area contributed by atoms with E-state index in [9.17, 15) is 5.11 Å². The molecule has 0 saturated carbocycles. The van der Waals surface area contributed by atoms with Crippen molar-refractivity contribution >= 4 is 0 Å². The Labute approximate surface area is 93.9 Å². The summed E-state index contributed by atoms with van der Waals surface area (Å²) in [5.41, 5.74) is 2.48. The summed E-state index contributed by atoms with van der Waals surface area (Å²) < 4.78 is 5.23. The molecule has 0 spiro atoms. The van der Waals surface area contributed by atoms with E-state index < -0.39 is 6.10 Å². The van der Waals surface area contributed by atoms with E-state index >= 15 is 0 Å². The Kier molecular flexibility index (Phi) is 2.92. The Bertz CT molecular complexity index is 466. The number of aromatic nitrogens is 2. The van der Waals surface area contributed by atoms with Crippen molar-refractivity contribution in [2.75, 3.05) is 7.11 Å². The fourth-order valence-corrected chi connectivity index (χ4v) is 1.65. The zero-order chi connectivity index (χ0) is 11.5. The summed E-state index contributed by atoms with van der Waals surface area (Å²) in [6.45, 7) is 1.97. The van der Waals surface area contributed by atoms with E-state index in [0.29, 0.717) is 11.4 Å². The molecule has 0 aliphatic rings. The summed E-state index contributed by atoms with van der Waals surface area (Å²) in [6, 6.07) is 7.45. The minimum absolute atomic E-state index is 0.656. The van der Waals surface area contributed by atoms with Gasteiger partial charge in [0.15, 0.2) is 0 Å². The molecule has 2 aromatic rings. The van der Waals surface area contributed by atoms with Gasteiger partial charge in [0, 0.05) is 11.8 Å². The highest BCUT2D eigenvalue weighted by Gasteiger charge is 2.16. The van der Waals surface area contributed by atoms with Crippen molar-refractivity contribution in [1.82, 2.24) is 10.2 Å². The average Bonchev–Trinajstić information content (AvgIpc) is 2.81. The second-order valence-electron chi connectivity index (χ2n) is 3.66. The molecule has 1 aromatic heterocycles. The van der Waals surface area contributed by atoms with Crippen LogP contribution in [0, 0.1) is 6.92 Å². The maximum Gasteiger partial charge on any atom is 0.125 e. The summed E-state index contributed by atoms with van der Waals surface area (Å²) in [5, 5.41) is 16.7. The molecular formula is C12H14N2O2. The fourth-order valence-electron chi connectivity index (χ4n) is 1.65. The summed E-state index contributed by atoms with van der Waals surface area (Å²) in [7, 11) is 1.59. The maximum atomic E-state index is 10.2. The van der Waals surface area contributed by atoms with Crippen LogP contribution in [0.25, 0.3) is 0 Å². The zero-order valence-electron chi connectivity index (χ0n) is 9.27. The summed E-state index contributed by atoms with van der Waals surface area (Å²) in [5.74, 6) is 0.674. The van der Waals surface area contributed by atoms with Crippen LogP contribution in [0.4, 0.5) is 0 Å². The molecule has 1 heterocycles. The third-order valence-corrected chi connectivity index (χ3v) is 2.50. The molecule has 2 N–H and O–H groups in total. The van der Waals surface area contributed by atoms with E-state index in [0.717, 1.165) is 11.1 Å². The topological polar surface area (TPSA) is 58.1 Å². The number of hydrogen-bond donors (Lipinski definition) is 2. The smallest absolute Gasteiger partial charge is 0.125 e. The lowest BCUT2D eigenvalue weighted by Crippen LogP contribution is -2.03. The molecule has 1 atom stereocenters. The summed E-state index contributed by atoms with van der Waals surface area (Å²) in [4.78, 5) is 0. The maximum absolute atomic E-state index is 10.2. The van der Waals surface area contributed by atoms with E-state index in [1.54, 1.807) is 19.4 Å². The Hall–Kier alpha value is -1.81. The molecule has 0 radical (unpaired) electrons. The molecule has 2 rings (SSSR count). The molecule has 0 aliphatic heterocycles. The standard InChI is InChI=1S/C12H14N2O2/c1-8-3-4-11(16-2)9(7-8)12(15)10-5-6-13-14-10/h3-7,12,15H,1-2H3,(H,13,14). The molecule has 0 bridgehead atoms. The summed E-state index contributed by atoms with van der Waals surface area (Å²) >= 11 is 0. The number of benzene rings is 1. The van der Waals surface area contributed by atoms with Crippen LogP contribution in [0.3, 0.4) is 0 Å². The van der Waals surface area contributed by atoms with Crippen LogP contribution in [-0.2, 0) is 0 Å². The van der Waals surface area contributed by atoms with E-state index in [2.05, 4.69) is 10.2 Å². The molecule has 16 heavy (non-hydrogen) atoms. The van der Waals surface area contributed by atoms with Gasteiger partial charge in [0.1, 0.15) is 11.9 Å². The number of aliphatic hydroxyl groups excluding tert-OH is 1. The normalized spacial score (nSPS) is 12.4. The fraction of sp³-hybridized carbons (Fsp3) is 0.250. The number of ether oxygens (including phenoxy) is 1. The first-order chi connectivity index (χ1) is 7.72. The minimum Gasteiger partial charge on any atom is -0.496 e. The average molecular weight is 218 g/mol. The largest absolute Gasteiger partial charge is 0.496 e. The van der Waals surface area contributed by atoms with Gasteiger partial charge in [-0.2, -0.15) is 5.10 Å². The second-order valence-corrected chi connectivity index (χ2v) is 3.66. The van der Waals surface area contributed by atoms with Gasteiger partial charge in [-0.1, -0.05) is 11.6 Å². The second kappa shape index (κ2) is 4.37. The monoisotopic (exact) mass is 218 g/mol. The van der Waals surface area contributed by atoms with Crippen molar-refractivity contribution in [3.63, 3.8) is 0 Å². The van der Waals surface area contributed by atoms with Crippen LogP contribution in [-0.4, -0.2) is 22.4 Å². The van der Waals surface area contributed by atoms with Gasteiger partial charge in [0.05, 0.1) is 12.8 Å². The predicted molar refractivity (Wildman–Crippen MR) is 60.4 cm³/mol. The third kappa shape index (κ3) is 1.92. The minimum atomic E-state index is -0.739. The number of rotatable bonds is 3. The first-order valence-corrected chi connectivity index (χ1v) is 5.04. The van der Waals surface area contributed by atoms with Crippen molar-refractivity contribution in [3.05, 3.63) is 47.3 Å². The van der Waals surface area contributed by atoms with Crippen molar-refractivity contribution < 1.29 is 9.84 Å². The van der Waals surface area contributed by atoms with E-state index in [4.69, 9.17) is 4.74 Å². The van der Waals surface area contributed by atoms with Crippen molar-refractivity contribution in [2.45, 2.75) is 13.0 Å². The van der Waals surface area contributed by atoms with Crippen LogP contribution >= 0.6 is 0 Å². The molecule has 1 unspecified atom stereocenters. The van der Waals surface area contributed by atoms with Crippen LogP contribution in [0.15, 0.2) is 30.5 Å². The van der Waals surface area contributed by atoms with Gasteiger partial charge >= 0.3 is 0 Å². The van der Waals surface area contributed by atoms with Crippen LogP contribution in [0.2, 0.25) is 0 Å². The van der Waals surface area contributed by atoms with Gasteiger partial charge in [0.2, 0.25) is 0 Å². The van der Waals surface area contributed by atoms with Gasteiger partial charge in [0.25, 0.3) is 0 Å². The van der Waals surface area contributed by atoms with Gasteiger partial charge in [-0.25, -0.2) is 0 Å². The number of aliphatic hydroxyl groups is 1. The molecule has 0 saturated heterocycles. The number of nitrogens with zero attached hydrogens (tertiary/aromatic N) is 1. The third-order valence-electron chi connectivity index (χ3n) is 2.50. The first-order valence-electron chi connectivity index (χ1n) is 5.04. The Morgan fingerprint density at radius 3 is 2.81 bits per heavy atom. The van der Waals surface area contributed by atoms with Crippen LogP contribution in [0.5, 0.6) is 5.75 Å². The van der Waals surface area contributed by atoms with E-state index in [-0.39, 0.29) is 0 Å². The van der Waals surface area contributed by atoms with Gasteiger partial charge in [-0.15, -0.1) is 0 Å². The molecule has 1 aromatic carbocycles. The van der Waals surface area contributed by atoms with Crippen LogP contribution in [0.1, 0.15) is 22.9 Å². The highest BCUT2D eigenvalue weighted by molar-refractivity contribution is 5.41. The molecule has 84 valence electrons. The lowest BCUT2D eigenvalue weighted by molar-refractivity contribution is 0.209. The highest BCUT2D eigenvalue weighted by Crippen LogP contribution is 2.29. The molecule has 0 aliphatic carbocycles. The highest BCUT2D eigenvalue weighted by atomic mass is 16.5. The predicted octanol–water partition coefficient (Wildman–Crippen LogP) is 1.81. The zero-order valence-corrected chi connectivity index (χ0v) is 9.27. The SMILES string of the molecule is COc1ccc(C)cc1C(O)c1ccn[nH]1. The lowest BCUT2D eigenvalue weighted by atomic mass is 10.0. The first kappa shape index (κ1) is 10.7. The van der Waals surface area contributed by atoms with Crippen molar-refractivity contribution in [1.29, 1.82) is 0 Å². The van der Waals surface area contributed by atoms with Crippen LogP contribution < -0.4 is 4.74 Å². The Balaban J connectivity index is 2.42. The molecular weight excluding hydrogens is 204 g/mol. The molecule has 0 fully saturated rings. The van der Waals surface area contributed by atoms with Crippen molar-refractivity contribution in [2.24, 2.45) is 0 Å². The van der Waals surface area contributed by atoms with E-state index in [1.165, 1.54) is 0 Å². The Morgan fingerprint density at radius 2 is 2.19 bits per heavy atom. The number of aryl methyl sites for hydroxylation is 1. The number of methoxy groups -OCH3 is 1. The quantitative estimate of drug-likeness (QED) is 0.826. The van der Waals surface area contributed by atoms with Gasteiger partial charge in [-0.3, -0.25) is 5.10 Å². The molecule has 0 amide bonds. The number of hydrogen-bond acceptors (Lipinski definition) is 3. The lowest BCUT2D eigenvalue weighted by Gasteiger charge is -2.14. The number of nitrogens with one attached hydrogen (secondary N) is 1. The van der Waals surface area contributed by atoms with Gasteiger partial charge < -0.3 is 9.84 Å². The Morgan fingerprint density at radius 1 is 1.38 bits per heavy atom. The van der Waals surface area contributed by atoms with E-state index in [1.807, 2.05) is 25.1 Å².